The van der Waals surface area contributed by atoms with E-state index in [1.807, 2.05) is 30.6 Å². The lowest BCUT2D eigenvalue weighted by atomic mass is 10.1. The van der Waals surface area contributed by atoms with Gasteiger partial charge in [0.05, 0.1) is 11.7 Å². The van der Waals surface area contributed by atoms with Gasteiger partial charge in [-0.2, -0.15) is 0 Å². The second kappa shape index (κ2) is 4.88. The van der Waals surface area contributed by atoms with Crippen LogP contribution in [0.15, 0.2) is 42.7 Å². The molecule has 0 bridgehead atoms. The Morgan fingerprint density at radius 2 is 1.81 bits per heavy atom. The lowest BCUT2D eigenvalue weighted by molar-refractivity contribution is 0.396. The maximum Gasteiger partial charge on any atom is 0.114 e. The molecule has 0 fully saturated rings. The topological polar surface area (TPSA) is 56.7 Å². The fourth-order valence-electron chi connectivity index (χ4n) is 2.67. The minimum Gasteiger partial charge on any atom is -0.399 e. The average molecular weight is 280 g/mol. The Kier molecular flexibility index (Phi) is 3.16. The molecule has 3 rings (SSSR count). The van der Waals surface area contributed by atoms with Crippen molar-refractivity contribution in [2.45, 2.75) is 32.7 Å². The number of nitrogens with two attached hydrogens (primary N) is 1. The van der Waals surface area contributed by atoms with Crippen LogP contribution in [0.3, 0.4) is 0 Å². The van der Waals surface area contributed by atoms with Gasteiger partial charge in [0.25, 0.3) is 0 Å². The number of pyridine rings is 1. The summed E-state index contributed by atoms with van der Waals surface area (Å²) in [4.78, 5) is 8.94. The number of hydrogen-bond acceptors (Lipinski definition) is 3. The molecule has 0 radical (unpaired) electrons. The van der Waals surface area contributed by atoms with Crippen molar-refractivity contribution in [1.82, 2.24) is 14.5 Å². The molecule has 3 aromatic rings. The van der Waals surface area contributed by atoms with E-state index in [9.17, 15) is 0 Å². The second-order valence-electron chi connectivity index (χ2n) is 6.32. The summed E-state index contributed by atoms with van der Waals surface area (Å²) in [7, 11) is 0. The molecule has 2 aromatic heterocycles. The van der Waals surface area contributed by atoms with E-state index >= 15 is 0 Å². The first-order valence-corrected chi connectivity index (χ1v) is 7.11. The summed E-state index contributed by atoms with van der Waals surface area (Å²) < 4.78 is 2.29. The molecule has 21 heavy (non-hydrogen) atoms. The van der Waals surface area contributed by atoms with Gasteiger partial charge >= 0.3 is 0 Å². The summed E-state index contributed by atoms with van der Waals surface area (Å²) in [6.45, 7) is 6.59. The van der Waals surface area contributed by atoms with E-state index in [1.165, 1.54) is 5.56 Å². The van der Waals surface area contributed by atoms with Gasteiger partial charge in [-0.25, -0.2) is 4.98 Å². The van der Waals surface area contributed by atoms with E-state index in [0.717, 1.165) is 29.0 Å². The molecule has 0 aliphatic carbocycles. The van der Waals surface area contributed by atoms with Crippen LogP contribution >= 0.6 is 0 Å². The van der Waals surface area contributed by atoms with Gasteiger partial charge in [-0.1, -0.05) is 12.1 Å². The second-order valence-corrected chi connectivity index (χ2v) is 6.32. The van der Waals surface area contributed by atoms with Crippen LogP contribution in [0.2, 0.25) is 0 Å². The van der Waals surface area contributed by atoms with Crippen LogP contribution in [0.25, 0.3) is 11.0 Å². The Morgan fingerprint density at radius 3 is 2.48 bits per heavy atom. The van der Waals surface area contributed by atoms with Gasteiger partial charge in [0.15, 0.2) is 0 Å². The lowest BCUT2D eigenvalue weighted by Gasteiger charge is -2.24. The molecule has 0 aliphatic rings. The van der Waals surface area contributed by atoms with E-state index in [-0.39, 0.29) is 5.54 Å². The van der Waals surface area contributed by atoms with E-state index in [0.29, 0.717) is 0 Å². The van der Waals surface area contributed by atoms with Gasteiger partial charge < -0.3 is 10.3 Å². The summed E-state index contributed by atoms with van der Waals surface area (Å²) in [6, 6.07) is 10.0. The Hall–Kier alpha value is -2.36. The van der Waals surface area contributed by atoms with Crippen molar-refractivity contribution in [2.75, 3.05) is 5.73 Å². The summed E-state index contributed by atoms with van der Waals surface area (Å²) in [5.74, 6) is 1.05. The number of nitrogens with zero attached hydrogens (tertiary/aromatic N) is 3. The summed E-state index contributed by atoms with van der Waals surface area (Å²) in [5.41, 5.74) is 9.78. The molecule has 108 valence electrons. The third-order valence-electron chi connectivity index (χ3n) is 3.54. The number of benzene rings is 1. The normalized spacial score (nSPS) is 12.0. The van der Waals surface area contributed by atoms with Gasteiger partial charge in [-0.05, 0) is 44.5 Å². The fraction of sp³-hybridized carbons (Fsp3) is 0.294. The maximum absolute atomic E-state index is 5.75. The minimum atomic E-state index is -0.0285. The van der Waals surface area contributed by atoms with Crippen LogP contribution < -0.4 is 5.73 Å². The predicted octanol–water partition coefficient (Wildman–Crippen LogP) is 3.36. The molecule has 0 atom stereocenters. The largest absolute Gasteiger partial charge is 0.399 e. The first kappa shape index (κ1) is 13.6. The Morgan fingerprint density at radius 1 is 1.10 bits per heavy atom. The number of rotatable bonds is 2. The Bertz CT molecular complexity index is 764. The van der Waals surface area contributed by atoms with E-state index in [1.54, 1.807) is 0 Å². The van der Waals surface area contributed by atoms with Crippen molar-refractivity contribution in [3.63, 3.8) is 0 Å². The van der Waals surface area contributed by atoms with Gasteiger partial charge in [0, 0.05) is 23.8 Å². The quantitative estimate of drug-likeness (QED) is 0.732. The van der Waals surface area contributed by atoms with Crippen LogP contribution in [0.5, 0.6) is 0 Å². The molecule has 4 heteroatoms. The Labute approximate surface area is 124 Å². The third kappa shape index (κ3) is 2.61. The van der Waals surface area contributed by atoms with Crippen LogP contribution in [0.4, 0.5) is 5.69 Å². The Balaban J connectivity index is 2.11. The number of nitrogen functional groups attached to an aromatic ring is 1. The van der Waals surface area contributed by atoms with Crippen molar-refractivity contribution in [2.24, 2.45) is 0 Å². The van der Waals surface area contributed by atoms with Crippen molar-refractivity contribution in [1.29, 1.82) is 0 Å². The van der Waals surface area contributed by atoms with Crippen molar-refractivity contribution < 1.29 is 0 Å². The molecular formula is C17H20N4. The fourth-order valence-corrected chi connectivity index (χ4v) is 2.67. The van der Waals surface area contributed by atoms with Crippen LogP contribution in [-0.4, -0.2) is 14.5 Å². The third-order valence-corrected chi connectivity index (χ3v) is 3.54. The van der Waals surface area contributed by atoms with Crippen LogP contribution in [0.1, 0.15) is 32.2 Å². The lowest BCUT2D eigenvalue weighted by Crippen LogP contribution is -2.24. The molecule has 0 saturated carbocycles. The molecule has 0 saturated heterocycles. The zero-order valence-corrected chi connectivity index (χ0v) is 12.7. The monoisotopic (exact) mass is 280 g/mol. The average Bonchev–Trinajstić information content (AvgIpc) is 2.79. The smallest absolute Gasteiger partial charge is 0.114 e. The first-order chi connectivity index (χ1) is 9.95. The first-order valence-electron chi connectivity index (χ1n) is 7.11. The highest BCUT2D eigenvalue weighted by Crippen LogP contribution is 2.26. The van der Waals surface area contributed by atoms with Crippen LogP contribution in [0, 0.1) is 0 Å². The standard InChI is InChI=1S/C17H20N4/c1-17(2,3)21-15-8-9-19-11-14(15)20-16(21)10-12-4-6-13(18)7-5-12/h4-9,11H,10,18H2,1-3H3. The number of aromatic nitrogens is 3. The van der Waals surface area contributed by atoms with Crippen molar-refractivity contribution >= 4 is 16.7 Å². The number of hydrogen-bond donors (Lipinski definition) is 1. The van der Waals surface area contributed by atoms with Crippen molar-refractivity contribution in [3.05, 3.63) is 54.1 Å². The molecule has 0 unspecified atom stereocenters. The highest BCUT2D eigenvalue weighted by molar-refractivity contribution is 5.75. The number of imidazole rings is 1. The van der Waals surface area contributed by atoms with E-state index < -0.39 is 0 Å². The van der Waals surface area contributed by atoms with Gasteiger partial charge in [0.1, 0.15) is 11.3 Å². The minimum absolute atomic E-state index is 0.0285. The zero-order chi connectivity index (χ0) is 15.0. The summed E-state index contributed by atoms with van der Waals surface area (Å²) in [5, 5.41) is 0. The summed E-state index contributed by atoms with van der Waals surface area (Å²) in [6.07, 6.45) is 4.43. The van der Waals surface area contributed by atoms with Gasteiger partial charge in [-0.15, -0.1) is 0 Å². The van der Waals surface area contributed by atoms with Gasteiger partial charge in [-0.3, -0.25) is 4.98 Å². The zero-order valence-electron chi connectivity index (χ0n) is 12.7. The molecule has 0 amide bonds. The SMILES string of the molecule is CC(C)(C)n1c(Cc2ccc(N)cc2)nc2cnccc21. The van der Waals surface area contributed by atoms with Crippen LogP contribution in [-0.2, 0) is 12.0 Å². The highest BCUT2D eigenvalue weighted by atomic mass is 15.1. The number of anilines is 1. The highest BCUT2D eigenvalue weighted by Gasteiger charge is 2.21. The van der Waals surface area contributed by atoms with Crippen molar-refractivity contribution in [3.8, 4) is 0 Å². The molecular weight excluding hydrogens is 260 g/mol. The number of fused-ring (bicyclic) bond motifs is 1. The predicted molar refractivity (Wildman–Crippen MR) is 86.2 cm³/mol. The maximum atomic E-state index is 5.75. The molecule has 4 nitrogen and oxygen atoms in total. The van der Waals surface area contributed by atoms with E-state index in [4.69, 9.17) is 10.7 Å². The molecule has 2 N–H and O–H groups in total. The van der Waals surface area contributed by atoms with E-state index in [2.05, 4.69) is 42.5 Å². The molecule has 2 heterocycles. The molecule has 0 aliphatic heterocycles. The molecule has 1 aromatic carbocycles. The summed E-state index contributed by atoms with van der Waals surface area (Å²) >= 11 is 0. The van der Waals surface area contributed by atoms with Gasteiger partial charge in [0.2, 0.25) is 0 Å². The molecule has 0 spiro atoms.